The zero-order chi connectivity index (χ0) is 13.7. The Morgan fingerprint density at radius 2 is 2.05 bits per heavy atom. The third kappa shape index (κ3) is 4.08. The van der Waals surface area contributed by atoms with Crippen molar-refractivity contribution in [2.45, 2.75) is 52.9 Å². The number of rotatable bonds is 7. The van der Waals surface area contributed by atoms with Crippen LogP contribution < -0.4 is 5.32 Å². The van der Waals surface area contributed by atoms with E-state index < -0.39 is 0 Å². The minimum Gasteiger partial charge on any atom is -0.307 e. The Kier molecular flexibility index (Phi) is 6.75. The molecule has 20 heavy (non-hydrogen) atoms. The molecule has 1 atom stereocenters. The van der Waals surface area contributed by atoms with Crippen molar-refractivity contribution in [3.63, 3.8) is 0 Å². The molecule has 0 aliphatic rings. The lowest BCUT2D eigenvalue weighted by Gasteiger charge is -2.13. The maximum Gasteiger partial charge on any atom is 0.0534 e. The summed E-state index contributed by atoms with van der Waals surface area (Å²) in [5.74, 6) is 0. The zero-order valence-corrected chi connectivity index (χ0v) is 13.2. The van der Waals surface area contributed by atoms with Gasteiger partial charge in [0.1, 0.15) is 0 Å². The Morgan fingerprint density at radius 3 is 2.70 bits per heavy atom. The van der Waals surface area contributed by atoms with Crippen molar-refractivity contribution in [3.05, 3.63) is 35.9 Å². The second-order valence-electron chi connectivity index (χ2n) is 4.83. The number of aromatic nitrogens is 4. The van der Waals surface area contributed by atoms with Gasteiger partial charge in [0.15, 0.2) is 0 Å². The van der Waals surface area contributed by atoms with Crippen LogP contribution in [-0.4, -0.2) is 19.6 Å². The smallest absolute Gasteiger partial charge is 0.0534 e. The maximum absolute atomic E-state index is 4.39. The van der Waals surface area contributed by atoms with Gasteiger partial charge in [-0.15, -0.1) is 12.4 Å². The van der Waals surface area contributed by atoms with Gasteiger partial charge in [0.25, 0.3) is 0 Å². The molecule has 0 aliphatic heterocycles. The molecule has 5 nitrogen and oxygen atoms in total. The normalized spacial score (nSPS) is 12.2. The van der Waals surface area contributed by atoms with Crippen LogP contribution in [0.25, 0.3) is 0 Å². The van der Waals surface area contributed by atoms with E-state index >= 15 is 0 Å². The quantitative estimate of drug-likeness (QED) is 0.855. The third-order valence-electron chi connectivity index (χ3n) is 3.41. The molecular weight excluding hydrogens is 274 g/mol. The first-order valence-electron chi connectivity index (χ1n) is 6.99. The van der Waals surface area contributed by atoms with Crippen molar-refractivity contribution < 1.29 is 0 Å². The summed E-state index contributed by atoms with van der Waals surface area (Å²) in [5, 5.41) is 12.1. The molecule has 112 valence electrons. The number of nitrogens with one attached hydrogen (secondary N) is 1. The van der Waals surface area contributed by atoms with Crippen molar-refractivity contribution in [2.75, 3.05) is 0 Å². The van der Waals surface area contributed by atoms with Crippen LogP contribution in [0, 0.1) is 0 Å². The number of hydrogen-bond acceptors (Lipinski definition) is 3. The number of hydrogen-bond donors (Lipinski definition) is 1. The summed E-state index contributed by atoms with van der Waals surface area (Å²) in [5.41, 5.74) is 2.45. The molecule has 2 aromatic rings. The number of aryl methyl sites for hydroxylation is 1. The summed E-state index contributed by atoms with van der Waals surface area (Å²) in [6.45, 7) is 9.06. The monoisotopic (exact) mass is 297 g/mol. The van der Waals surface area contributed by atoms with Crippen molar-refractivity contribution in [3.8, 4) is 0 Å². The van der Waals surface area contributed by atoms with E-state index in [1.165, 1.54) is 11.3 Å². The minimum atomic E-state index is 0. The van der Waals surface area contributed by atoms with Crippen molar-refractivity contribution in [2.24, 2.45) is 0 Å². The van der Waals surface area contributed by atoms with Gasteiger partial charge in [-0.2, -0.15) is 10.2 Å². The fourth-order valence-electron chi connectivity index (χ4n) is 2.06. The maximum atomic E-state index is 4.39. The van der Waals surface area contributed by atoms with Gasteiger partial charge in [-0.25, -0.2) is 0 Å². The van der Waals surface area contributed by atoms with Gasteiger partial charge in [0, 0.05) is 43.6 Å². The Hall–Kier alpha value is -1.33. The van der Waals surface area contributed by atoms with E-state index in [1.807, 2.05) is 17.1 Å². The number of nitrogens with zero attached hydrogens (tertiary/aromatic N) is 4. The van der Waals surface area contributed by atoms with Crippen LogP contribution in [0.3, 0.4) is 0 Å². The molecule has 0 aliphatic carbocycles. The Bertz CT molecular complexity index is 505. The van der Waals surface area contributed by atoms with Crippen LogP contribution in [0.4, 0.5) is 0 Å². The van der Waals surface area contributed by atoms with E-state index in [2.05, 4.69) is 53.2 Å². The van der Waals surface area contributed by atoms with Crippen LogP contribution in [0.5, 0.6) is 0 Å². The second-order valence-corrected chi connectivity index (χ2v) is 4.83. The average molecular weight is 298 g/mol. The summed E-state index contributed by atoms with van der Waals surface area (Å²) < 4.78 is 4.04. The fraction of sp³-hybridized carbons (Fsp3) is 0.571. The molecule has 1 N–H and O–H groups in total. The van der Waals surface area contributed by atoms with E-state index in [0.29, 0.717) is 6.04 Å². The molecule has 2 rings (SSSR count). The van der Waals surface area contributed by atoms with Crippen LogP contribution in [0.1, 0.15) is 44.5 Å². The summed E-state index contributed by atoms with van der Waals surface area (Å²) >= 11 is 0. The van der Waals surface area contributed by atoms with Gasteiger partial charge in [-0.3, -0.25) is 9.36 Å². The van der Waals surface area contributed by atoms with Gasteiger partial charge in [-0.1, -0.05) is 6.92 Å². The molecule has 0 saturated carbocycles. The van der Waals surface area contributed by atoms with E-state index in [4.69, 9.17) is 0 Å². The lowest BCUT2D eigenvalue weighted by Crippen LogP contribution is -2.18. The van der Waals surface area contributed by atoms with E-state index in [-0.39, 0.29) is 12.4 Å². The zero-order valence-electron chi connectivity index (χ0n) is 12.4. The molecule has 2 heterocycles. The molecule has 0 radical (unpaired) electrons. The predicted molar refractivity (Wildman–Crippen MR) is 82.9 cm³/mol. The van der Waals surface area contributed by atoms with Gasteiger partial charge >= 0.3 is 0 Å². The van der Waals surface area contributed by atoms with E-state index in [0.717, 1.165) is 26.1 Å². The Balaban J connectivity index is 0.00000200. The summed E-state index contributed by atoms with van der Waals surface area (Å²) in [6.07, 6.45) is 6.97. The van der Waals surface area contributed by atoms with Crippen LogP contribution in [0.15, 0.2) is 24.7 Å². The summed E-state index contributed by atoms with van der Waals surface area (Å²) in [6, 6.07) is 2.53. The van der Waals surface area contributed by atoms with Crippen molar-refractivity contribution >= 4 is 12.4 Å². The molecule has 0 bridgehead atoms. The first-order valence-corrected chi connectivity index (χ1v) is 6.99. The lowest BCUT2D eigenvalue weighted by molar-refractivity contribution is 0.451. The second kappa shape index (κ2) is 8.07. The van der Waals surface area contributed by atoms with Gasteiger partial charge in [0.2, 0.25) is 0 Å². The largest absolute Gasteiger partial charge is 0.307 e. The Labute approximate surface area is 126 Å². The highest BCUT2D eigenvalue weighted by molar-refractivity contribution is 5.85. The highest BCUT2D eigenvalue weighted by Crippen LogP contribution is 2.12. The summed E-state index contributed by atoms with van der Waals surface area (Å²) in [7, 11) is 0. The standard InChI is InChI=1S/C14H23N5.ClH/c1-4-12(3)19-14(6-7-16-19)10-15-8-13-9-17-18(5-2)11-13;/h6-7,9,11-12,15H,4-5,8,10H2,1-3H3;1H. The van der Waals surface area contributed by atoms with E-state index in [1.54, 1.807) is 0 Å². The average Bonchev–Trinajstić information content (AvgIpc) is 3.06. The molecule has 0 saturated heterocycles. The molecule has 0 spiro atoms. The summed E-state index contributed by atoms with van der Waals surface area (Å²) in [4.78, 5) is 0. The molecular formula is C14H24ClN5. The highest BCUT2D eigenvalue weighted by atomic mass is 35.5. The van der Waals surface area contributed by atoms with Crippen molar-refractivity contribution in [1.82, 2.24) is 24.9 Å². The molecule has 2 aromatic heterocycles. The third-order valence-corrected chi connectivity index (χ3v) is 3.41. The molecule has 6 heteroatoms. The topological polar surface area (TPSA) is 47.7 Å². The first-order chi connectivity index (χ1) is 9.24. The lowest BCUT2D eigenvalue weighted by atomic mass is 10.2. The molecule has 0 aromatic carbocycles. The van der Waals surface area contributed by atoms with Crippen LogP contribution in [-0.2, 0) is 19.6 Å². The molecule has 0 amide bonds. The fourth-order valence-corrected chi connectivity index (χ4v) is 2.06. The van der Waals surface area contributed by atoms with Crippen molar-refractivity contribution in [1.29, 1.82) is 0 Å². The molecule has 0 fully saturated rings. The number of halogens is 1. The van der Waals surface area contributed by atoms with Crippen LogP contribution in [0.2, 0.25) is 0 Å². The Morgan fingerprint density at radius 1 is 1.25 bits per heavy atom. The molecule has 1 unspecified atom stereocenters. The van der Waals surface area contributed by atoms with Gasteiger partial charge < -0.3 is 5.32 Å². The van der Waals surface area contributed by atoms with E-state index in [9.17, 15) is 0 Å². The predicted octanol–water partition coefficient (Wildman–Crippen LogP) is 2.78. The van der Waals surface area contributed by atoms with Crippen LogP contribution >= 0.6 is 12.4 Å². The van der Waals surface area contributed by atoms with Gasteiger partial charge in [0.05, 0.1) is 11.9 Å². The first kappa shape index (κ1) is 16.7. The highest BCUT2D eigenvalue weighted by Gasteiger charge is 2.07. The van der Waals surface area contributed by atoms with Gasteiger partial charge in [-0.05, 0) is 26.3 Å². The minimum absolute atomic E-state index is 0. The SMILES string of the molecule is CCC(C)n1nccc1CNCc1cnn(CC)c1.Cl.